The summed E-state index contributed by atoms with van der Waals surface area (Å²) in [5, 5.41) is 28.0. The first-order chi connectivity index (χ1) is 20.5. The van der Waals surface area contributed by atoms with Gasteiger partial charge in [-0.3, -0.25) is 9.59 Å². The van der Waals surface area contributed by atoms with Crippen molar-refractivity contribution in [2.24, 2.45) is 32.5 Å². The number of carbonyl (C=O) groups excluding carboxylic acids is 2. The SMILES string of the molecule is COc1cc(-c2ccc(NC(=O)[C@@]34CC[C@](C)([C@@H](O)C3)C4(C)C)c(OC)c2)ccc1NC(=O)[C@]12CC[C@](C)([C@H](O)C1)C2(C)C. The summed E-state index contributed by atoms with van der Waals surface area (Å²) in [4.78, 5) is 27.6. The summed E-state index contributed by atoms with van der Waals surface area (Å²) in [7, 11) is 3.16. The number of hydrogen-bond acceptors (Lipinski definition) is 6. The van der Waals surface area contributed by atoms with E-state index in [1.807, 2.05) is 36.4 Å². The Morgan fingerprint density at radius 2 is 1.02 bits per heavy atom. The molecule has 6 rings (SSSR count). The third-order valence-corrected chi connectivity index (χ3v) is 14.0. The van der Waals surface area contributed by atoms with Crippen LogP contribution in [0, 0.1) is 32.5 Å². The highest BCUT2D eigenvalue weighted by atomic mass is 16.5. The highest BCUT2D eigenvalue weighted by Gasteiger charge is 2.73. The van der Waals surface area contributed by atoms with Crippen molar-refractivity contribution in [3.05, 3.63) is 36.4 Å². The van der Waals surface area contributed by atoms with E-state index in [0.29, 0.717) is 35.7 Å². The lowest BCUT2D eigenvalue weighted by Crippen LogP contribution is -2.43. The summed E-state index contributed by atoms with van der Waals surface area (Å²) in [6.45, 7) is 12.6. The van der Waals surface area contributed by atoms with Crippen LogP contribution in [0.5, 0.6) is 11.5 Å². The fraction of sp³-hybridized carbons (Fsp3) is 0.611. The smallest absolute Gasteiger partial charge is 0.231 e. The Kier molecular flexibility index (Phi) is 6.81. The quantitative estimate of drug-likeness (QED) is 0.291. The van der Waals surface area contributed by atoms with E-state index >= 15 is 0 Å². The molecule has 0 aromatic heterocycles. The molecule has 44 heavy (non-hydrogen) atoms. The summed E-state index contributed by atoms with van der Waals surface area (Å²) < 4.78 is 11.4. The van der Waals surface area contributed by atoms with Crippen molar-refractivity contribution in [2.45, 2.75) is 92.3 Å². The predicted octanol–water partition coefficient (Wildman–Crippen LogP) is 6.40. The molecule has 4 fully saturated rings. The van der Waals surface area contributed by atoms with E-state index in [0.717, 1.165) is 36.8 Å². The topological polar surface area (TPSA) is 117 Å². The number of aliphatic hydroxyl groups excluding tert-OH is 2. The highest BCUT2D eigenvalue weighted by Crippen LogP contribution is 2.73. The molecule has 238 valence electrons. The molecule has 0 radical (unpaired) electrons. The van der Waals surface area contributed by atoms with Crippen LogP contribution in [0.1, 0.15) is 80.1 Å². The van der Waals surface area contributed by atoms with Crippen molar-refractivity contribution in [3.8, 4) is 22.6 Å². The van der Waals surface area contributed by atoms with E-state index in [9.17, 15) is 19.8 Å². The van der Waals surface area contributed by atoms with Gasteiger partial charge in [-0.15, -0.1) is 0 Å². The molecule has 0 aliphatic heterocycles. The molecule has 4 saturated carbocycles. The molecule has 2 amide bonds. The van der Waals surface area contributed by atoms with E-state index in [1.54, 1.807) is 14.2 Å². The lowest BCUT2D eigenvalue weighted by molar-refractivity contribution is -0.131. The summed E-state index contributed by atoms with van der Waals surface area (Å²) in [6, 6.07) is 11.3. The third kappa shape index (κ3) is 3.70. The van der Waals surface area contributed by atoms with Gasteiger partial charge in [-0.1, -0.05) is 53.7 Å². The van der Waals surface area contributed by atoms with Gasteiger partial charge in [-0.2, -0.15) is 0 Å². The van der Waals surface area contributed by atoms with Gasteiger partial charge in [0.2, 0.25) is 11.8 Å². The van der Waals surface area contributed by atoms with Crippen LogP contribution in [0.4, 0.5) is 11.4 Å². The first-order valence-electron chi connectivity index (χ1n) is 15.9. The van der Waals surface area contributed by atoms with Crippen LogP contribution in [0.25, 0.3) is 11.1 Å². The lowest BCUT2D eigenvalue weighted by Gasteiger charge is -2.40. The summed E-state index contributed by atoms with van der Waals surface area (Å²) in [5.74, 6) is 0.920. The number of nitrogens with one attached hydrogen (secondary N) is 2. The number of rotatable bonds is 7. The molecule has 4 bridgehead atoms. The average Bonchev–Trinajstić information content (AvgIpc) is 3.45. The van der Waals surface area contributed by atoms with Crippen molar-refractivity contribution in [1.82, 2.24) is 0 Å². The Morgan fingerprint density at radius 3 is 1.30 bits per heavy atom. The molecular weight excluding hydrogens is 556 g/mol. The average molecular weight is 605 g/mol. The maximum atomic E-state index is 13.8. The molecule has 4 aliphatic rings. The molecule has 0 unspecified atom stereocenters. The molecule has 6 atom stereocenters. The number of hydrogen-bond donors (Lipinski definition) is 4. The monoisotopic (exact) mass is 604 g/mol. The van der Waals surface area contributed by atoms with Gasteiger partial charge in [-0.25, -0.2) is 0 Å². The minimum atomic E-state index is -0.638. The normalized spacial score (nSPS) is 35.9. The fourth-order valence-corrected chi connectivity index (χ4v) is 9.69. The number of fused-ring (bicyclic) bond motifs is 4. The maximum Gasteiger partial charge on any atom is 0.231 e. The van der Waals surface area contributed by atoms with Gasteiger partial charge in [0.25, 0.3) is 0 Å². The van der Waals surface area contributed by atoms with E-state index < -0.39 is 23.0 Å². The number of anilines is 2. The molecule has 4 N–H and O–H groups in total. The molecule has 0 heterocycles. The minimum Gasteiger partial charge on any atom is -0.495 e. The van der Waals surface area contributed by atoms with Crippen molar-refractivity contribution >= 4 is 23.2 Å². The van der Waals surface area contributed by atoms with Crippen LogP contribution in [0.3, 0.4) is 0 Å². The van der Waals surface area contributed by atoms with Crippen LogP contribution < -0.4 is 20.1 Å². The molecule has 8 nitrogen and oxygen atoms in total. The van der Waals surface area contributed by atoms with Gasteiger partial charge in [0.1, 0.15) is 11.5 Å². The van der Waals surface area contributed by atoms with Crippen LogP contribution in [-0.2, 0) is 9.59 Å². The van der Waals surface area contributed by atoms with Crippen molar-refractivity contribution in [2.75, 3.05) is 24.9 Å². The van der Waals surface area contributed by atoms with E-state index in [4.69, 9.17) is 9.47 Å². The third-order valence-electron chi connectivity index (χ3n) is 14.0. The van der Waals surface area contributed by atoms with Gasteiger partial charge in [0, 0.05) is 0 Å². The first kappa shape index (κ1) is 30.9. The Hall–Kier alpha value is -3.10. The largest absolute Gasteiger partial charge is 0.495 e. The van der Waals surface area contributed by atoms with Crippen LogP contribution >= 0.6 is 0 Å². The number of ether oxygens (including phenoxy) is 2. The van der Waals surface area contributed by atoms with E-state index in [2.05, 4.69) is 52.2 Å². The molecule has 2 aromatic rings. The van der Waals surface area contributed by atoms with E-state index in [-0.39, 0.29) is 33.5 Å². The maximum absolute atomic E-state index is 13.8. The number of amides is 2. The zero-order valence-electron chi connectivity index (χ0n) is 27.4. The Balaban J connectivity index is 1.23. The van der Waals surface area contributed by atoms with Gasteiger partial charge in [0.05, 0.1) is 48.6 Å². The Labute approximate surface area is 260 Å². The number of methoxy groups -OCH3 is 2. The fourth-order valence-electron chi connectivity index (χ4n) is 9.69. The summed E-state index contributed by atoms with van der Waals surface area (Å²) >= 11 is 0. The molecular formula is C36H48N2O6. The van der Waals surface area contributed by atoms with Crippen molar-refractivity contribution in [3.63, 3.8) is 0 Å². The number of carbonyl (C=O) groups is 2. The van der Waals surface area contributed by atoms with Crippen LogP contribution in [0.15, 0.2) is 36.4 Å². The Bertz CT molecular complexity index is 1420. The lowest BCUT2D eigenvalue weighted by atomic mass is 9.64. The van der Waals surface area contributed by atoms with Gasteiger partial charge >= 0.3 is 0 Å². The summed E-state index contributed by atoms with van der Waals surface area (Å²) in [6.07, 6.45) is 3.07. The summed E-state index contributed by atoms with van der Waals surface area (Å²) in [5.41, 5.74) is 0.381. The number of aliphatic hydroxyl groups is 2. The van der Waals surface area contributed by atoms with Gasteiger partial charge < -0.3 is 30.3 Å². The molecule has 4 aliphatic carbocycles. The van der Waals surface area contributed by atoms with Gasteiger partial charge in [0.15, 0.2) is 0 Å². The van der Waals surface area contributed by atoms with Crippen molar-refractivity contribution in [1.29, 1.82) is 0 Å². The second kappa shape index (κ2) is 9.70. The standard InChI is InChI=1S/C36H48N2O6/c1-31(2)33(5)13-15-35(31,19-27(33)39)29(41)37-23-11-9-21(17-25(23)43-7)22-10-12-24(26(18-22)44-8)38-30(42)36-16-14-34(6,28(40)20-36)32(36,3)4/h9-12,17-18,27-28,39-40H,13-16,19-20H2,1-8H3,(H,37,41)(H,38,42)/t27-,28+,33-,34-,35+,36-/m1/s1. The van der Waals surface area contributed by atoms with E-state index in [1.165, 1.54) is 0 Å². The van der Waals surface area contributed by atoms with Crippen LogP contribution in [-0.4, -0.2) is 48.5 Å². The van der Waals surface area contributed by atoms with Gasteiger partial charge in [-0.05, 0) is 95.6 Å². The molecule has 0 saturated heterocycles. The predicted molar refractivity (Wildman–Crippen MR) is 171 cm³/mol. The van der Waals surface area contributed by atoms with Crippen molar-refractivity contribution < 1.29 is 29.3 Å². The minimum absolute atomic E-state index is 0.0735. The second-order valence-corrected chi connectivity index (χ2v) is 15.4. The zero-order chi connectivity index (χ0) is 32.1. The molecule has 0 spiro atoms. The molecule has 2 aromatic carbocycles. The zero-order valence-corrected chi connectivity index (χ0v) is 27.4. The molecule has 8 heteroatoms. The Morgan fingerprint density at radius 1 is 0.659 bits per heavy atom. The first-order valence-corrected chi connectivity index (χ1v) is 15.9. The highest BCUT2D eigenvalue weighted by molar-refractivity contribution is 5.99. The second-order valence-electron chi connectivity index (χ2n) is 15.4. The number of benzene rings is 2. The van der Waals surface area contributed by atoms with Crippen LogP contribution in [0.2, 0.25) is 0 Å².